The van der Waals surface area contributed by atoms with Gasteiger partial charge in [-0.15, -0.1) is 0 Å². The first-order chi connectivity index (χ1) is 8.81. The lowest BCUT2D eigenvalue weighted by Crippen LogP contribution is -2.27. The van der Waals surface area contributed by atoms with Crippen LogP contribution in [0.4, 0.5) is 4.39 Å². The van der Waals surface area contributed by atoms with E-state index < -0.39 is 20.7 Å². The van der Waals surface area contributed by atoms with Gasteiger partial charge >= 0.3 is 0 Å². The van der Waals surface area contributed by atoms with E-state index in [0.717, 1.165) is 25.0 Å². The van der Waals surface area contributed by atoms with Crippen LogP contribution < -0.4 is 4.72 Å². The molecule has 5 nitrogen and oxygen atoms in total. The maximum atomic E-state index is 13.7. The van der Waals surface area contributed by atoms with Gasteiger partial charge in [0.25, 0.3) is 5.91 Å². The van der Waals surface area contributed by atoms with Crippen LogP contribution in [0.3, 0.4) is 0 Å². The zero-order chi connectivity index (χ0) is 14.2. The van der Waals surface area contributed by atoms with Gasteiger partial charge in [0.1, 0.15) is 10.7 Å². The maximum Gasteiger partial charge on any atom is 0.253 e. The van der Waals surface area contributed by atoms with E-state index in [2.05, 4.69) is 4.72 Å². The van der Waals surface area contributed by atoms with Crippen molar-refractivity contribution in [3.8, 4) is 0 Å². The summed E-state index contributed by atoms with van der Waals surface area (Å²) in [4.78, 5) is 12.6. The van der Waals surface area contributed by atoms with E-state index in [1.54, 1.807) is 14.1 Å². The first-order valence-electron chi connectivity index (χ1n) is 5.85. The Labute approximate surface area is 111 Å². The van der Waals surface area contributed by atoms with Crippen molar-refractivity contribution in [2.24, 2.45) is 0 Å². The monoisotopic (exact) mass is 286 g/mol. The van der Waals surface area contributed by atoms with Gasteiger partial charge in [-0.2, -0.15) is 0 Å². The summed E-state index contributed by atoms with van der Waals surface area (Å²) in [7, 11) is -0.817. The Bertz CT molecular complexity index is 609. The summed E-state index contributed by atoms with van der Waals surface area (Å²) in [6.07, 6.45) is 1.52. The molecular weight excluding hydrogens is 271 g/mol. The van der Waals surface area contributed by atoms with Crippen molar-refractivity contribution in [1.29, 1.82) is 0 Å². The second kappa shape index (κ2) is 4.90. The van der Waals surface area contributed by atoms with Crippen LogP contribution in [-0.2, 0) is 10.0 Å². The number of carbonyl (C=O) groups is 1. The fourth-order valence-corrected chi connectivity index (χ4v) is 2.99. The third-order valence-electron chi connectivity index (χ3n) is 2.77. The number of sulfonamides is 1. The fourth-order valence-electron chi connectivity index (χ4n) is 1.58. The molecule has 0 aliphatic heterocycles. The summed E-state index contributed by atoms with van der Waals surface area (Å²) < 4.78 is 40.0. The summed E-state index contributed by atoms with van der Waals surface area (Å²) >= 11 is 0. The third-order valence-corrected chi connectivity index (χ3v) is 4.31. The van der Waals surface area contributed by atoms with Crippen molar-refractivity contribution in [3.63, 3.8) is 0 Å². The molecule has 0 bridgehead atoms. The zero-order valence-corrected chi connectivity index (χ0v) is 11.5. The van der Waals surface area contributed by atoms with Crippen molar-refractivity contribution >= 4 is 15.9 Å². The molecule has 1 fully saturated rings. The summed E-state index contributed by atoms with van der Waals surface area (Å²) in [5.74, 6) is -1.23. The largest absolute Gasteiger partial charge is 0.345 e. The highest BCUT2D eigenvalue weighted by atomic mass is 32.2. The van der Waals surface area contributed by atoms with Crippen molar-refractivity contribution in [2.45, 2.75) is 23.8 Å². The smallest absolute Gasteiger partial charge is 0.253 e. The van der Waals surface area contributed by atoms with E-state index in [0.29, 0.717) is 0 Å². The molecule has 1 saturated carbocycles. The fraction of sp³-hybridized carbons (Fsp3) is 0.417. The number of nitrogens with one attached hydrogen (secondary N) is 1. The predicted octanol–water partition coefficient (Wildman–Crippen LogP) is 0.968. The van der Waals surface area contributed by atoms with Crippen LogP contribution >= 0.6 is 0 Å². The lowest BCUT2D eigenvalue weighted by atomic mass is 10.2. The van der Waals surface area contributed by atoms with Crippen LogP contribution in [0, 0.1) is 5.82 Å². The normalized spacial score (nSPS) is 15.3. The van der Waals surface area contributed by atoms with Crippen LogP contribution in [-0.4, -0.2) is 39.4 Å². The SMILES string of the molecule is CN(C)C(=O)c1ccc(F)c(S(=O)(=O)NC2CC2)c1. The average Bonchev–Trinajstić information content (AvgIpc) is 3.11. The van der Waals surface area contributed by atoms with E-state index >= 15 is 0 Å². The molecule has 0 heterocycles. The Hall–Kier alpha value is -1.47. The van der Waals surface area contributed by atoms with E-state index in [4.69, 9.17) is 0 Å². The molecule has 1 amide bonds. The van der Waals surface area contributed by atoms with E-state index in [9.17, 15) is 17.6 Å². The first-order valence-corrected chi connectivity index (χ1v) is 7.33. The minimum atomic E-state index is -3.91. The average molecular weight is 286 g/mol. The van der Waals surface area contributed by atoms with Gasteiger partial charge < -0.3 is 4.90 Å². The van der Waals surface area contributed by atoms with Gasteiger partial charge in [-0.1, -0.05) is 0 Å². The Morgan fingerprint density at radius 2 is 2.00 bits per heavy atom. The van der Waals surface area contributed by atoms with Crippen LogP contribution in [0.25, 0.3) is 0 Å². The van der Waals surface area contributed by atoms with Crippen LogP contribution in [0.5, 0.6) is 0 Å². The number of benzene rings is 1. The van der Waals surface area contributed by atoms with Crippen molar-refractivity contribution in [2.75, 3.05) is 14.1 Å². The number of rotatable bonds is 4. The van der Waals surface area contributed by atoms with Gasteiger partial charge in [0.15, 0.2) is 0 Å². The van der Waals surface area contributed by atoms with Crippen LogP contribution in [0.1, 0.15) is 23.2 Å². The quantitative estimate of drug-likeness (QED) is 0.897. The van der Waals surface area contributed by atoms with Gasteiger partial charge in [-0.25, -0.2) is 17.5 Å². The molecule has 1 N–H and O–H groups in total. The van der Waals surface area contributed by atoms with Gasteiger partial charge in [0.2, 0.25) is 10.0 Å². The maximum absolute atomic E-state index is 13.7. The van der Waals surface area contributed by atoms with Crippen LogP contribution in [0.15, 0.2) is 23.1 Å². The summed E-state index contributed by atoms with van der Waals surface area (Å²) in [5, 5.41) is 0. The standard InChI is InChI=1S/C12H15FN2O3S/c1-15(2)12(16)8-3-6-10(13)11(7-8)19(17,18)14-9-4-5-9/h3,6-7,9,14H,4-5H2,1-2H3. The highest BCUT2D eigenvalue weighted by Gasteiger charge is 2.30. The molecule has 104 valence electrons. The molecule has 0 saturated heterocycles. The Balaban J connectivity index is 2.39. The molecule has 0 spiro atoms. The van der Waals surface area contributed by atoms with Gasteiger partial charge in [0.05, 0.1) is 0 Å². The highest BCUT2D eigenvalue weighted by molar-refractivity contribution is 7.89. The van der Waals surface area contributed by atoms with Gasteiger partial charge in [-0.3, -0.25) is 4.79 Å². The Morgan fingerprint density at radius 1 is 1.37 bits per heavy atom. The lowest BCUT2D eigenvalue weighted by Gasteiger charge is -2.12. The second-order valence-electron chi connectivity index (χ2n) is 4.74. The van der Waals surface area contributed by atoms with E-state index in [1.165, 1.54) is 11.0 Å². The third kappa shape index (κ3) is 3.10. The summed E-state index contributed by atoms with van der Waals surface area (Å²) in [5.41, 5.74) is 0.141. The molecular formula is C12H15FN2O3S. The lowest BCUT2D eigenvalue weighted by molar-refractivity contribution is 0.0827. The number of hydrogen-bond donors (Lipinski definition) is 1. The van der Waals surface area contributed by atoms with Gasteiger partial charge in [-0.05, 0) is 31.0 Å². The first kappa shape index (κ1) is 14.0. The van der Waals surface area contributed by atoms with Crippen molar-refractivity contribution in [1.82, 2.24) is 9.62 Å². The summed E-state index contributed by atoms with van der Waals surface area (Å²) in [6, 6.07) is 3.23. The minimum absolute atomic E-state index is 0.113. The van der Waals surface area contributed by atoms with Crippen LogP contribution in [0.2, 0.25) is 0 Å². The molecule has 1 aromatic carbocycles. The van der Waals surface area contributed by atoms with Gasteiger partial charge in [0, 0.05) is 25.7 Å². The molecule has 0 radical (unpaired) electrons. The minimum Gasteiger partial charge on any atom is -0.345 e. The molecule has 7 heteroatoms. The molecule has 0 atom stereocenters. The number of carbonyl (C=O) groups excluding carboxylic acids is 1. The molecule has 1 aliphatic carbocycles. The predicted molar refractivity (Wildman–Crippen MR) is 67.8 cm³/mol. The Kier molecular flexibility index (Phi) is 3.60. The van der Waals surface area contributed by atoms with E-state index in [-0.39, 0.29) is 17.5 Å². The topological polar surface area (TPSA) is 66.5 Å². The summed E-state index contributed by atoms with van der Waals surface area (Å²) in [6.45, 7) is 0. The molecule has 2 rings (SSSR count). The number of amides is 1. The number of halogens is 1. The number of hydrogen-bond acceptors (Lipinski definition) is 3. The molecule has 19 heavy (non-hydrogen) atoms. The molecule has 0 aromatic heterocycles. The Morgan fingerprint density at radius 3 is 2.53 bits per heavy atom. The second-order valence-corrected chi connectivity index (χ2v) is 6.42. The molecule has 0 unspecified atom stereocenters. The van der Waals surface area contributed by atoms with E-state index in [1.807, 2.05) is 0 Å². The number of nitrogens with zero attached hydrogens (tertiary/aromatic N) is 1. The molecule has 1 aliphatic rings. The van der Waals surface area contributed by atoms with Crippen molar-refractivity contribution in [3.05, 3.63) is 29.6 Å². The highest BCUT2D eigenvalue weighted by Crippen LogP contribution is 2.24. The molecule has 1 aromatic rings. The van der Waals surface area contributed by atoms with Crippen molar-refractivity contribution < 1.29 is 17.6 Å². The zero-order valence-electron chi connectivity index (χ0n) is 10.7.